The van der Waals surface area contributed by atoms with E-state index in [4.69, 9.17) is 0 Å². The molecule has 3 aromatic rings. The molecule has 3 rings (SSSR count). The van der Waals surface area contributed by atoms with Gasteiger partial charge in [0.2, 0.25) is 11.8 Å². The van der Waals surface area contributed by atoms with Gasteiger partial charge in [-0.1, -0.05) is 46.3 Å². The van der Waals surface area contributed by atoms with Crippen LogP contribution in [0.4, 0.5) is 10.1 Å². The minimum Gasteiger partial charge on any atom is -0.355 e. The molecule has 2 amide bonds. The summed E-state index contributed by atoms with van der Waals surface area (Å²) in [6.45, 7) is 3.26. The van der Waals surface area contributed by atoms with Crippen LogP contribution in [0.25, 0.3) is 0 Å². The summed E-state index contributed by atoms with van der Waals surface area (Å²) >= 11 is 3.38. The average molecular weight is 576 g/mol. The van der Waals surface area contributed by atoms with Crippen LogP contribution in [0.1, 0.15) is 19.4 Å². The summed E-state index contributed by atoms with van der Waals surface area (Å²) in [6, 6.07) is 18.9. The van der Waals surface area contributed by atoms with Crippen LogP contribution in [0.2, 0.25) is 0 Å². The number of likely N-dealkylation sites (N-methyl/N-ethyl adjacent to an activating group) is 1. The Morgan fingerprint density at radius 3 is 2.17 bits per heavy atom. The fourth-order valence-electron chi connectivity index (χ4n) is 3.55. The Morgan fingerprint density at radius 2 is 1.58 bits per heavy atom. The zero-order chi connectivity index (χ0) is 26.3. The molecule has 0 aliphatic heterocycles. The van der Waals surface area contributed by atoms with Crippen molar-refractivity contribution in [3.8, 4) is 0 Å². The number of carbonyl (C=O) groups is 2. The number of benzene rings is 3. The summed E-state index contributed by atoms with van der Waals surface area (Å²) in [5.41, 5.74) is 0.893. The Kier molecular flexibility index (Phi) is 9.22. The summed E-state index contributed by atoms with van der Waals surface area (Å²) in [7, 11) is -4.17. The molecule has 0 aliphatic rings. The van der Waals surface area contributed by atoms with Gasteiger partial charge in [-0.2, -0.15) is 0 Å². The molecule has 36 heavy (non-hydrogen) atoms. The van der Waals surface area contributed by atoms with Crippen LogP contribution in [0.5, 0.6) is 0 Å². The van der Waals surface area contributed by atoms with Crippen LogP contribution in [-0.4, -0.2) is 44.3 Å². The Hall–Kier alpha value is -3.24. The van der Waals surface area contributed by atoms with Gasteiger partial charge >= 0.3 is 0 Å². The lowest BCUT2D eigenvalue weighted by atomic mass is 10.1. The lowest BCUT2D eigenvalue weighted by Crippen LogP contribution is -2.51. The number of nitrogens with zero attached hydrogens (tertiary/aromatic N) is 2. The number of hydrogen-bond acceptors (Lipinski definition) is 4. The highest BCUT2D eigenvalue weighted by Crippen LogP contribution is 2.25. The lowest BCUT2D eigenvalue weighted by molar-refractivity contribution is -0.139. The van der Waals surface area contributed by atoms with Gasteiger partial charge in [0, 0.05) is 17.6 Å². The molecule has 1 atom stereocenters. The van der Waals surface area contributed by atoms with Gasteiger partial charge in [-0.25, -0.2) is 12.8 Å². The minimum absolute atomic E-state index is 0.0154. The van der Waals surface area contributed by atoms with Crippen molar-refractivity contribution in [3.63, 3.8) is 0 Å². The number of nitrogens with one attached hydrogen (secondary N) is 1. The standard InChI is InChI=1S/C26H27BrFN3O4S/c1-3-29-26(33)19(2)30(17-20-9-11-21(27)12-10-20)25(32)18-31(23-15-13-22(28)14-16-23)36(34,35)24-7-5-4-6-8-24/h4-16,19H,3,17-18H2,1-2H3,(H,29,33). The van der Waals surface area contributed by atoms with E-state index in [1.165, 1.54) is 29.2 Å². The molecule has 0 fully saturated rings. The van der Waals surface area contributed by atoms with Crippen molar-refractivity contribution in [2.45, 2.75) is 31.3 Å². The van der Waals surface area contributed by atoms with E-state index in [-0.39, 0.29) is 23.0 Å². The molecule has 0 aliphatic carbocycles. The van der Waals surface area contributed by atoms with Crippen molar-refractivity contribution in [1.82, 2.24) is 10.2 Å². The molecule has 7 nitrogen and oxygen atoms in total. The van der Waals surface area contributed by atoms with Crippen molar-refractivity contribution >= 4 is 43.5 Å². The maximum atomic E-state index is 13.6. The van der Waals surface area contributed by atoms with Crippen LogP contribution in [-0.2, 0) is 26.2 Å². The number of anilines is 1. The van der Waals surface area contributed by atoms with Gasteiger partial charge < -0.3 is 10.2 Å². The highest BCUT2D eigenvalue weighted by Gasteiger charge is 2.32. The van der Waals surface area contributed by atoms with Gasteiger partial charge in [-0.15, -0.1) is 0 Å². The summed E-state index contributed by atoms with van der Waals surface area (Å²) in [5, 5.41) is 2.71. The van der Waals surface area contributed by atoms with E-state index in [0.717, 1.165) is 26.5 Å². The van der Waals surface area contributed by atoms with Gasteiger partial charge in [0.05, 0.1) is 10.6 Å². The van der Waals surface area contributed by atoms with E-state index < -0.39 is 34.3 Å². The largest absolute Gasteiger partial charge is 0.355 e. The fraction of sp³-hybridized carbons (Fsp3) is 0.231. The summed E-state index contributed by atoms with van der Waals surface area (Å²) < 4.78 is 42.5. The quantitative estimate of drug-likeness (QED) is 0.389. The van der Waals surface area contributed by atoms with Gasteiger partial charge in [0.25, 0.3) is 10.0 Å². The van der Waals surface area contributed by atoms with E-state index >= 15 is 0 Å². The number of amides is 2. The highest BCUT2D eigenvalue weighted by atomic mass is 79.9. The second-order valence-electron chi connectivity index (χ2n) is 8.02. The first-order valence-corrected chi connectivity index (χ1v) is 13.5. The lowest BCUT2D eigenvalue weighted by Gasteiger charge is -2.32. The summed E-state index contributed by atoms with van der Waals surface area (Å²) in [4.78, 5) is 27.6. The Morgan fingerprint density at radius 1 is 0.972 bits per heavy atom. The molecule has 0 saturated heterocycles. The summed E-state index contributed by atoms with van der Waals surface area (Å²) in [5.74, 6) is -1.48. The molecule has 1 N–H and O–H groups in total. The third-order valence-electron chi connectivity index (χ3n) is 5.51. The van der Waals surface area contributed by atoms with Crippen molar-refractivity contribution < 1.29 is 22.4 Å². The van der Waals surface area contributed by atoms with Crippen LogP contribution >= 0.6 is 15.9 Å². The monoisotopic (exact) mass is 575 g/mol. The minimum atomic E-state index is -4.17. The second kappa shape index (κ2) is 12.1. The van der Waals surface area contributed by atoms with Gasteiger partial charge in [0.15, 0.2) is 0 Å². The van der Waals surface area contributed by atoms with E-state index in [0.29, 0.717) is 6.54 Å². The molecule has 3 aromatic carbocycles. The third-order valence-corrected chi connectivity index (χ3v) is 7.83. The van der Waals surface area contributed by atoms with Crippen molar-refractivity contribution in [1.29, 1.82) is 0 Å². The molecule has 190 valence electrons. The zero-order valence-electron chi connectivity index (χ0n) is 19.9. The van der Waals surface area contributed by atoms with E-state index in [9.17, 15) is 22.4 Å². The number of hydrogen-bond donors (Lipinski definition) is 1. The zero-order valence-corrected chi connectivity index (χ0v) is 22.3. The predicted molar refractivity (Wildman–Crippen MR) is 140 cm³/mol. The first-order chi connectivity index (χ1) is 17.1. The highest BCUT2D eigenvalue weighted by molar-refractivity contribution is 9.10. The second-order valence-corrected chi connectivity index (χ2v) is 10.8. The molecule has 0 bridgehead atoms. The van der Waals surface area contributed by atoms with Crippen LogP contribution in [0, 0.1) is 5.82 Å². The van der Waals surface area contributed by atoms with Crippen LogP contribution < -0.4 is 9.62 Å². The van der Waals surface area contributed by atoms with Gasteiger partial charge in [0.1, 0.15) is 18.4 Å². The van der Waals surface area contributed by atoms with Crippen molar-refractivity contribution in [3.05, 3.63) is 94.7 Å². The van der Waals surface area contributed by atoms with Gasteiger partial charge in [-0.3, -0.25) is 13.9 Å². The van der Waals surface area contributed by atoms with Crippen molar-refractivity contribution in [2.24, 2.45) is 0 Å². The molecule has 0 aromatic heterocycles. The van der Waals surface area contributed by atoms with Gasteiger partial charge in [-0.05, 0) is 67.9 Å². The number of sulfonamides is 1. The summed E-state index contributed by atoms with van der Waals surface area (Å²) in [6.07, 6.45) is 0. The van der Waals surface area contributed by atoms with E-state index in [1.54, 1.807) is 32.0 Å². The molecule has 0 radical (unpaired) electrons. The maximum absolute atomic E-state index is 13.6. The SMILES string of the molecule is CCNC(=O)C(C)N(Cc1ccc(Br)cc1)C(=O)CN(c1ccc(F)cc1)S(=O)(=O)c1ccccc1. The maximum Gasteiger partial charge on any atom is 0.264 e. The third kappa shape index (κ3) is 6.70. The number of carbonyl (C=O) groups excluding carboxylic acids is 2. The number of rotatable bonds is 10. The van der Waals surface area contributed by atoms with Crippen molar-refractivity contribution in [2.75, 3.05) is 17.4 Å². The number of halogens is 2. The van der Waals surface area contributed by atoms with Crippen LogP contribution in [0.15, 0.2) is 88.2 Å². The smallest absolute Gasteiger partial charge is 0.264 e. The molecular weight excluding hydrogens is 549 g/mol. The van der Waals surface area contributed by atoms with E-state index in [1.807, 2.05) is 24.3 Å². The Labute approximate surface area is 219 Å². The molecule has 10 heteroatoms. The average Bonchev–Trinajstić information content (AvgIpc) is 2.87. The molecule has 0 spiro atoms. The predicted octanol–water partition coefficient (Wildman–Crippen LogP) is 4.34. The van der Waals surface area contributed by atoms with E-state index in [2.05, 4.69) is 21.2 Å². The topological polar surface area (TPSA) is 86.8 Å². The first kappa shape index (κ1) is 27.3. The fourth-order valence-corrected chi connectivity index (χ4v) is 5.25. The Balaban J connectivity index is 2.00. The molecular formula is C26H27BrFN3O4S. The molecule has 0 heterocycles. The molecule has 0 saturated carbocycles. The molecule has 1 unspecified atom stereocenters. The first-order valence-electron chi connectivity index (χ1n) is 11.3. The normalized spacial score (nSPS) is 12.0. The Bertz CT molecular complexity index is 1290. The van der Waals surface area contributed by atoms with Crippen LogP contribution in [0.3, 0.4) is 0 Å².